The van der Waals surface area contributed by atoms with E-state index in [2.05, 4.69) is 19.9 Å². The van der Waals surface area contributed by atoms with Crippen molar-refractivity contribution >= 4 is 0 Å². The van der Waals surface area contributed by atoms with Crippen LogP contribution in [0.4, 0.5) is 0 Å². The minimum atomic E-state index is 0.583. The second-order valence-corrected chi connectivity index (χ2v) is 3.94. The summed E-state index contributed by atoms with van der Waals surface area (Å²) in [5.41, 5.74) is 8.22. The van der Waals surface area contributed by atoms with E-state index in [4.69, 9.17) is 10.5 Å². The molecular weight excluding hydrogens is 174 g/mol. The fourth-order valence-corrected chi connectivity index (χ4v) is 1.56. The summed E-state index contributed by atoms with van der Waals surface area (Å²) in [6.45, 7) is 5.01. The van der Waals surface area contributed by atoms with Crippen molar-refractivity contribution < 1.29 is 4.74 Å². The lowest BCUT2D eigenvalue weighted by Crippen LogP contribution is -2.04. The first kappa shape index (κ1) is 11.1. The van der Waals surface area contributed by atoms with Crippen molar-refractivity contribution in [2.45, 2.75) is 26.8 Å². The summed E-state index contributed by atoms with van der Waals surface area (Å²) < 4.78 is 5.16. The summed E-state index contributed by atoms with van der Waals surface area (Å²) in [6, 6.07) is 6.13. The van der Waals surface area contributed by atoms with Crippen LogP contribution in [0.2, 0.25) is 0 Å². The first-order valence-corrected chi connectivity index (χ1v) is 5.03. The summed E-state index contributed by atoms with van der Waals surface area (Å²) in [5, 5.41) is 0. The molecule has 0 saturated heterocycles. The molecule has 0 unspecified atom stereocenters. The van der Waals surface area contributed by atoms with Gasteiger partial charge in [0.15, 0.2) is 0 Å². The lowest BCUT2D eigenvalue weighted by atomic mass is 9.98. The van der Waals surface area contributed by atoms with Crippen LogP contribution in [0.25, 0.3) is 0 Å². The van der Waals surface area contributed by atoms with Gasteiger partial charge in [0, 0.05) is 6.54 Å². The predicted molar refractivity (Wildman–Crippen MR) is 59.4 cm³/mol. The largest absolute Gasteiger partial charge is 0.497 e. The Morgan fingerprint density at radius 1 is 1.29 bits per heavy atom. The van der Waals surface area contributed by atoms with E-state index in [0.29, 0.717) is 12.5 Å². The predicted octanol–water partition coefficient (Wildman–Crippen LogP) is 2.35. The molecule has 1 aromatic rings. The molecule has 0 saturated carbocycles. The van der Waals surface area contributed by atoms with E-state index in [9.17, 15) is 0 Å². The molecule has 0 aliphatic carbocycles. The number of hydrogen-bond donors (Lipinski definition) is 1. The zero-order valence-corrected chi connectivity index (χ0v) is 9.21. The molecule has 0 atom stereocenters. The summed E-state index contributed by atoms with van der Waals surface area (Å²) in [6.07, 6.45) is 1.08. The highest BCUT2D eigenvalue weighted by Gasteiger charge is 2.04. The van der Waals surface area contributed by atoms with Crippen LogP contribution in [0.1, 0.15) is 25.0 Å². The molecule has 2 heteroatoms. The summed E-state index contributed by atoms with van der Waals surface area (Å²) in [4.78, 5) is 0. The highest BCUT2D eigenvalue weighted by Crippen LogP contribution is 2.19. The van der Waals surface area contributed by atoms with Crippen LogP contribution in [0.15, 0.2) is 18.2 Å². The van der Waals surface area contributed by atoms with Gasteiger partial charge in [-0.2, -0.15) is 0 Å². The zero-order valence-electron chi connectivity index (χ0n) is 9.21. The Balaban J connectivity index is 2.93. The van der Waals surface area contributed by atoms with E-state index in [1.807, 2.05) is 12.1 Å². The molecular formula is C12H19NO. The zero-order chi connectivity index (χ0) is 10.6. The van der Waals surface area contributed by atoms with E-state index in [0.717, 1.165) is 12.2 Å². The van der Waals surface area contributed by atoms with Gasteiger partial charge in [0.1, 0.15) is 5.75 Å². The van der Waals surface area contributed by atoms with Crippen LogP contribution < -0.4 is 10.5 Å². The highest BCUT2D eigenvalue weighted by molar-refractivity contribution is 5.35. The normalized spacial score (nSPS) is 10.6. The van der Waals surface area contributed by atoms with Crippen molar-refractivity contribution in [1.29, 1.82) is 0 Å². The molecule has 0 fully saturated rings. The maximum absolute atomic E-state index is 5.69. The monoisotopic (exact) mass is 193 g/mol. The Bertz CT molecular complexity index is 294. The molecule has 0 spiro atoms. The first-order chi connectivity index (χ1) is 6.67. The Hall–Kier alpha value is -1.02. The first-order valence-electron chi connectivity index (χ1n) is 5.03. The number of methoxy groups -OCH3 is 1. The van der Waals surface area contributed by atoms with Gasteiger partial charge in [-0.15, -0.1) is 0 Å². The Morgan fingerprint density at radius 2 is 2.00 bits per heavy atom. The lowest BCUT2D eigenvalue weighted by molar-refractivity contribution is 0.414. The van der Waals surface area contributed by atoms with Crippen LogP contribution in [-0.4, -0.2) is 7.11 Å². The minimum absolute atomic E-state index is 0.583. The number of rotatable bonds is 4. The molecule has 1 aromatic carbocycles. The summed E-state index contributed by atoms with van der Waals surface area (Å²) >= 11 is 0. The Morgan fingerprint density at radius 3 is 2.50 bits per heavy atom. The summed E-state index contributed by atoms with van der Waals surface area (Å²) in [5.74, 6) is 1.55. The molecule has 78 valence electrons. The third-order valence-corrected chi connectivity index (χ3v) is 2.26. The maximum Gasteiger partial charge on any atom is 0.119 e. The average Bonchev–Trinajstić information content (AvgIpc) is 2.17. The van der Waals surface area contributed by atoms with Gasteiger partial charge in [-0.1, -0.05) is 19.9 Å². The molecule has 0 heterocycles. The SMILES string of the molecule is COc1ccc(CC(C)C)c(CN)c1. The summed E-state index contributed by atoms with van der Waals surface area (Å²) in [7, 11) is 1.68. The molecule has 0 aliphatic heterocycles. The van der Waals surface area contributed by atoms with Crippen LogP contribution >= 0.6 is 0 Å². The Labute approximate surface area is 86.1 Å². The number of hydrogen-bond acceptors (Lipinski definition) is 2. The molecule has 0 bridgehead atoms. The third kappa shape index (κ3) is 2.74. The van der Waals surface area contributed by atoms with E-state index in [1.54, 1.807) is 7.11 Å². The maximum atomic E-state index is 5.69. The fourth-order valence-electron chi connectivity index (χ4n) is 1.56. The second-order valence-electron chi connectivity index (χ2n) is 3.94. The molecule has 0 amide bonds. The van der Waals surface area contributed by atoms with Gasteiger partial charge in [-0.25, -0.2) is 0 Å². The smallest absolute Gasteiger partial charge is 0.119 e. The van der Waals surface area contributed by atoms with E-state index >= 15 is 0 Å². The lowest BCUT2D eigenvalue weighted by Gasteiger charge is -2.11. The van der Waals surface area contributed by atoms with Crippen LogP contribution in [-0.2, 0) is 13.0 Å². The topological polar surface area (TPSA) is 35.2 Å². The molecule has 0 radical (unpaired) electrons. The van der Waals surface area contributed by atoms with Crippen LogP contribution in [0.5, 0.6) is 5.75 Å². The van der Waals surface area contributed by atoms with Gasteiger partial charge in [0.25, 0.3) is 0 Å². The number of benzene rings is 1. The van der Waals surface area contributed by atoms with E-state index in [-0.39, 0.29) is 0 Å². The van der Waals surface area contributed by atoms with Crippen molar-refractivity contribution in [2.75, 3.05) is 7.11 Å². The van der Waals surface area contributed by atoms with Crippen molar-refractivity contribution in [1.82, 2.24) is 0 Å². The molecule has 0 aromatic heterocycles. The van der Waals surface area contributed by atoms with Crippen LogP contribution in [0.3, 0.4) is 0 Å². The van der Waals surface area contributed by atoms with Gasteiger partial charge in [-0.3, -0.25) is 0 Å². The second kappa shape index (κ2) is 5.01. The number of ether oxygens (including phenoxy) is 1. The van der Waals surface area contributed by atoms with Gasteiger partial charge < -0.3 is 10.5 Å². The molecule has 2 N–H and O–H groups in total. The molecule has 2 nitrogen and oxygen atoms in total. The van der Waals surface area contributed by atoms with Gasteiger partial charge in [-0.05, 0) is 35.6 Å². The van der Waals surface area contributed by atoms with Crippen LogP contribution in [0, 0.1) is 5.92 Å². The average molecular weight is 193 g/mol. The standard InChI is InChI=1S/C12H19NO/c1-9(2)6-10-4-5-12(14-3)7-11(10)8-13/h4-5,7,9H,6,8,13H2,1-3H3. The van der Waals surface area contributed by atoms with Gasteiger partial charge in [0.05, 0.1) is 7.11 Å². The number of nitrogens with two attached hydrogens (primary N) is 1. The van der Waals surface area contributed by atoms with E-state index in [1.165, 1.54) is 11.1 Å². The molecule has 0 aliphatic rings. The van der Waals surface area contributed by atoms with Crippen molar-refractivity contribution in [3.05, 3.63) is 29.3 Å². The molecule has 1 rings (SSSR count). The van der Waals surface area contributed by atoms with Crippen molar-refractivity contribution in [3.63, 3.8) is 0 Å². The Kier molecular flexibility index (Phi) is 3.96. The van der Waals surface area contributed by atoms with Crippen molar-refractivity contribution in [2.24, 2.45) is 11.7 Å². The minimum Gasteiger partial charge on any atom is -0.497 e. The van der Waals surface area contributed by atoms with Crippen molar-refractivity contribution in [3.8, 4) is 5.75 Å². The quantitative estimate of drug-likeness (QED) is 0.796. The van der Waals surface area contributed by atoms with Gasteiger partial charge in [0.2, 0.25) is 0 Å². The fraction of sp³-hybridized carbons (Fsp3) is 0.500. The molecule has 14 heavy (non-hydrogen) atoms. The van der Waals surface area contributed by atoms with E-state index < -0.39 is 0 Å². The third-order valence-electron chi connectivity index (χ3n) is 2.26. The van der Waals surface area contributed by atoms with Gasteiger partial charge >= 0.3 is 0 Å². The highest BCUT2D eigenvalue weighted by atomic mass is 16.5.